The van der Waals surface area contributed by atoms with Crippen molar-refractivity contribution in [2.24, 2.45) is 0 Å². The summed E-state index contributed by atoms with van der Waals surface area (Å²) in [7, 11) is 0. The number of hydrogen-bond acceptors (Lipinski definition) is 3. The monoisotopic (exact) mass is 227 g/mol. The molecule has 0 saturated carbocycles. The van der Waals surface area contributed by atoms with Crippen molar-refractivity contribution in [3.8, 4) is 0 Å². The third-order valence-electron chi connectivity index (χ3n) is 1.83. The van der Waals surface area contributed by atoms with Crippen molar-refractivity contribution in [2.75, 3.05) is 0 Å². The van der Waals surface area contributed by atoms with Gasteiger partial charge in [0, 0.05) is 28.9 Å². The summed E-state index contributed by atoms with van der Waals surface area (Å²) in [6.45, 7) is 1.68. The van der Waals surface area contributed by atoms with Crippen molar-refractivity contribution >= 4 is 22.9 Å². The van der Waals surface area contributed by atoms with Gasteiger partial charge < -0.3 is 9.73 Å². The molecule has 0 aliphatic carbocycles. The Bertz CT molecular complexity index is 382. The molecule has 14 heavy (non-hydrogen) atoms. The molecule has 0 spiro atoms. The molecule has 0 unspecified atom stereocenters. The fourth-order valence-electron chi connectivity index (χ4n) is 1.17. The number of halogens is 1. The van der Waals surface area contributed by atoms with Gasteiger partial charge in [0.05, 0.1) is 17.5 Å². The lowest BCUT2D eigenvalue weighted by molar-refractivity contribution is 0.560. The molecule has 2 rings (SSSR count). The summed E-state index contributed by atoms with van der Waals surface area (Å²) in [6, 6.07) is 3.93. The minimum Gasteiger partial charge on any atom is -0.472 e. The number of nitrogens with one attached hydrogen (secondary N) is 1. The molecule has 2 aromatic heterocycles. The minimum atomic E-state index is 0.815. The summed E-state index contributed by atoms with van der Waals surface area (Å²) >= 11 is 7.48. The average molecular weight is 228 g/mol. The van der Waals surface area contributed by atoms with Gasteiger partial charge in [0.15, 0.2) is 0 Å². The molecule has 0 atom stereocenters. The van der Waals surface area contributed by atoms with E-state index in [1.165, 1.54) is 4.88 Å². The summed E-state index contributed by atoms with van der Waals surface area (Å²) in [6.07, 6.45) is 3.42. The molecule has 2 nitrogen and oxygen atoms in total. The maximum absolute atomic E-state index is 5.81. The van der Waals surface area contributed by atoms with Crippen molar-refractivity contribution in [2.45, 2.75) is 13.1 Å². The zero-order chi connectivity index (χ0) is 9.80. The van der Waals surface area contributed by atoms with Crippen LogP contribution in [0.3, 0.4) is 0 Å². The summed E-state index contributed by atoms with van der Waals surface area (Å²) in [5.41, 5.74) is 1.16. The highest BCUT2D eigenvalue weighted by molar-refractivity contribution is 7.10. The normalized spacial score (nSPS) is 10.6. The van der Waals surface area contributed by atoms with E-state index in [0.29, 0.717) is 0 Å². The highest BCUT2D eigenvalue weighted by atomic mass is 35.5. The lowest BCUT2D eigenvalue weighted by Gasteiger charge is -1.99. The molecule has 2 aromatic rings. The zero-order valence-electron chi connectivity index (χ0n) is 7.50. The number of furan rings is 1. The van der Waals surface area contributed by atoms with Crippen LogP contribution in [0.15, 0.2) is 34.5 Å². The van der Waals surface area contributed by atoms with E-state index in [1.54, 1.807) is 23.9 Å². The topological polar surface area (TPSA) is 25.2 Å². The smallest absolute Gasteiger partial charge is 0.0947 e. The number of hydrogen-bond donors (Lipinski definition) is 1. The van der Waals surface area contributed by atoms with E-state index < -0.39 is 0 Å². The summed E-state index contributed by atoms with van der Waals surface area (Å²) in [5, 5.41) is 6.06. The second-order valence-electron chi connectivity index (χ2n) is 2.97. The van der Waals surface area contributed by atoms with E-state index in [0.717, 1.165) is 23.7 Å². The van der Waals surface area contributed by atoms with Crippen molar-refractivity contribution in [1.82, 2.24) is 5.32 Å². The van der Waals surface area contributed by atoms with Gasteiger partial charge in [-0.05, 0) is 12.1 Å². The molecule has 4 heteroatoms. The van der Waals surface area contributed by atoms with Crippen LogP contribution in [0.1, 0.15) is 10.4 Å². The Morgan fingerprint density at radius 3 is 3.00 bits per heavy atom. The maximum atomic E-state index is 5.81. The highest BCUT2D eigenvalue weighted by Crippen LogP contribution is 2.18. The molecule has 0 fully saturated rings. The predicted octanol–water partition coefficient (Wildman–Crippen LogP) is 3.28. The van der Waals surface area contributed by atoms with Crippen LogP contribution in [0, 0.1) is 0 Å². The quantitative estimate of drug-likeness (QED) is 0.867. The Morgan fingerprint density at radius 2 is 2.36 bits per heavy atom. The molecule has 0 amide bonds. The standard InChI is InChI=1S/C10H10ClNOS/c11-9-3-10(14-7-9)5-12-4-8-1-2-13-6-8/h1-3,6-7,12H,4-5H2. The van der Waals surface area contributed by atoms with Crippen LogP contribution in [0.25, 0.3) is 0 Å². The van der Waals surface area contributed by atoms with Crippen molar-refractivity contribution < 1.29 is 4.42 Å². The largest absolute Gasteiger partial charge is 0.472 e. The zero-order valence-corrected chi connectivity index (χ0v) is 9.07. The molecule has 74 valence electrons. The van der Waals surface area contributed by atoms with Gasteiger partial charge in [-0.3, -0.25) is 0 Å². The fraction of sp³-hybridized carbons (Fsp3) is 0.200. The molecule has 0 aliphatic heterocycles. The molecule has 0 aliphatic rings. The van der Waals surface area contributed by atoms with Gasteiger partial charge in [0.2, 0.25) is 0 Å². The van der Waals surface area contributed by atoms with Crippen LogP contribution in [-0.4, -0.2) is 0 Å². The first-order valence-corrected chi connectivity index (χ1v) is 5.55. The molecule has 0 bridgehead atoms. The SMILES string of the molecule is Clc1csc(CNCc2ccoc2)c1. The minimum absolute atomic E-state index is 0.815. The Labute approximate surface area is 91.5 Å². The van der Waals surface area contributed by atoms with Gasteiger partial charge >= 0.3 is 0 Å². The Morgan fingerprint density at radius 1 is 1.43 bits per heavy atom. The van der Waals surface area contributed by atoms with Gasteiger partial charge in [-0.2, -0.15) is 0 Å². The summed E-state index contributed by atoms with van der Waals surface area (Å²) < 4.78 is 4.96. The third-order valence-corrected chi connectivity index (χ3v) is 3.11. The molecular weight excluding hydrogens is 218 g/mol. The lowest BCUT2D eigenvalue weighted by Crippen LogP contribution is -2.10. The van der Waals surface area contributed by atoms with E-state index in [-0.39, 0.29) is 0 Å². The molecule has 0 saturated heterocycles. The lowest BCUT2D eigenvalue weighted by atomic mass is 10.3. The van der Waals surface area contributed by atoms with E-state index in [1.807, 2.05) is 17.5 Å². The van der Waals surface area contributed by atoms with Gasteiger partial charge in [-0.25, -0.2) is 0 Å². The molecule has 2 heterocycles. The first-order valence-electron chi connectivity index (χ1n) is 4.29. The highest BCUT2D eigenvalue weighted by Gasteiger charge is 1.98. The second-order valence-corrected chi connectivity index (χ2v) is 4.40. The van der Waals surface area contributed by atoms with Crippen LogP contribution in [0.5, 0.6) is 0 Å². The summed E-state index contributed by atoms with van der Waals surface area (Å²) in [5.74, 6) is 0. The molecule has 0 radical (unpaired) electrons. The number of thiophene rings is 1. The second kappa shape index (κ2) is 4.64. The van der Waals surface area contributed by atoms with Crippen LogP contribution in [-0.2, 0) is 13.1 Å². The Hall–Kier alpha value is -0.770. The predicted molar refractivity (Wildman–Crippen MR) is 58.6 cm³/mol. The van der Waals surface area contributed by atoms with Crippen molar-refractivity contribution in [3.63, 3.8) is 0 Å². The van der Waals surface area contributed by atoms with E-state index in [9.17, 15) is 0 Å². The first kappa shape index (κ1) is 9.77. The van der Waals surface area contributed by atoms with E-state index in [4.69, 9.17) is 16.0 Å². The van der Waals surface area contributed by atoms with E-state index >= 15 is 0 Å². The van der Waals surface area contributed by atoms with Crippen LogP contribution < -0.4 is 5.32 Å². The van der Waals surface area contributed by atoms with Crippen LogP contribution >= 0.6 is 22.9 Å². The Kier molecular flexibility index (Phi) is 3.24. The first-order chi connectivity index (χ1) is 6.84. The van der Waals surface area contributed by atoms with Gasteiger partial charge in [-0.15, -0.1) is 11.3 Å². The van der Waals surface area contributed by atoms with Gasteiger partial charge in [-0.1, -0.05) is 11.6 Å². The van der Waals surface area contributed by atoms with Crippen molar-refractivity contribution in [1.29, 1.82) is 0 Å². The Balaban J connectivity index is 1.78. The van der Waals surface area contributed by atoms with Gasteiger partial charge in [0.1, 0.15) is 0 Å². The third kappa shape index (κ3) is 2.61. The maximum Gasteiger partial charge on any atom is 0.0947 e. The average Bonchev–Trinajstić information content (AvgIpc) is 2.77. The molecule has 0 aromatic carbocycles. The van der Waals surface area contributed by atoms with Crippen LogP contribution in [0.4, 0.5) is 0 Å². The number of rotatable bonds is 4. The fourth-order valence-corrected chi connectivity index (χ4v) is 2.21. The van der Waals surface area contributed by atoms with E-state index in [2.05, 4.69) is 5.32 Å². The van der Waals surface area contributed by atoms with Crippen LogP contribution in [0.2, 0.25) is 5.02 Å². The van der Waals surface area contributed by atoms with Crippen molar-refractivity contribution in [3.05, 3.63) is 45.5 Å². The molecular formula is C10H10ClNOS. The van der Waals surface area contributed by atoms with Gasteiger partial charge in [0.25, 0.3) is 0 Å². The summed E-state index contributed by atoms with van der Waals surface area (Å²) in [4.78, 5) is 1.25. The molecule has 1 N–H and O–H groups in total.